The Hall–Kier alpha value is -3.46. The summed E-state index contributed by atoms with van der Waals surface area (Å²) in [6.07, 6.45) is 1.40. The minimum Gasteiger partial charge on any atom is -0.506 e. The van der Waals surface area contributed by atoms with Crippen molar-refractivity contribution >= 4 is 51.6 Å². The van der Waals surface area contributed by atoms with Crippen molar-refractivity contribution in [3.05, 3.63) is 91.4 Å². The van der Waals surface area contributed by atoms with Gasteiger partial charge in [-0.3, -0.25) is 15.5 Å². The Morgan fingerprint density at radius 2 is 1.85 bits per heavy atom. The van der Waals surface area contributed by atoms with Crippen molar-refractivity contribution in [3.63, 3.8) is 0 Å². The van der Waals surface area contributed by atoms with Gasteiger partial charge in [0.2, 0.25) is 5.13 Å². The molecular formula is C24H18Cl2N4O3S. The minimum atomic E-state index is -0.430. The SMILES string of the molecule is Cc1ccc(-c2nc(N/N=C\c3cc(Cl)cc(Cl)c3O)sc2-c2ccc([N+](=O)[O-])cc2)c(C)c1. The van der Waals surface area contributed by atoms with E-state index in [-0.39, 0.29) is 16.5 Å². The Morgan fingerprint density at radius 1 is 1.12 bits per heavy atom. The lowest BCUT2D eigenvalue weighted by atomic mass is 10.0. The molecule has 0 saturated heterocycles. The molecule has 4 aromatic rings. The number of thiazole rings is 1. The van der Waals surface area contributed by atoms with E-state index >= 15 is 0 Å². The van der Waals surface area contributed by atoms with Crippen molar-refractivity contribution in [1.82, 2.24) is 4.98 Å². The molecule has 0 atom stereocenters. The van der Waals surface area contributed by atoms with Crippen LogP contribution in [0.2, 0.25) is 10.0 Å². The Morgan fingerprint density at radius 3 is 2.53 bits per heavy atom. The highest BCUT2D eigenvalue weighted by atomic mass is 35.5. The van der Waals surface area contributed by atoms with Crippen LogP contribution >= 0.6 is 34.5 Å². The fraction of sp³-hybridized carbons (Fsp3) is 0.0833. The largest absolute Gasteiger partial charge is 0.506 e. The van der Waals surface area contributed by atoms with Crippen molar-refractivity contribution in [2.75, 3.05) is 5.43 Å². The van der Waals surface area contributed by atoms with Crippen LogP contribution < -0.4 is 5.43 Å². The number of phenolic OH excluding ortho intramolecular Hbond substituents is 1. The third-order valence-electron chi connectivity index (χ3n) is 5.03. The van der Waals surface area contributed by atoms with Crippen LogP contribution in [0.3, 0.4) is 0 Å². The van der Waals surface area contributed by atoms with E-state index in [2.05, 4.69) is 16.6 Å². The Balaban J connectivity index is 1.72. The van der Waals surface area contributed by atoms with E-state index in [0.717, 1.165) is 32.8 Å². The lowest BCUT2D eigenvalue weighted by molar-refractivity contribution is -0.384. The first kappa shape index (κ1) is 23.7. The Bertz CT molecular complexity index is 1420. The predicted molar refractivity (Wildman–Crippen MR) is 138 cm³/mol. The van der Waals surface area contributed by atoms with Gasteiger partial charge in [-0.2, -0.15) is 5.10 Å². The lowest BCUT2D eigenvalue weighted by Gasteiger charge is -2.07. The summed E-state index contributed by atoms with van der Waals surface area (Å²) in [7, 11) is 0. The van der Waals surface area contributed by atoms with Crippen molar-refractivity contribution < 1.29 is 10.0 Å². The molecule has 0 unspecified atom stereocenters. The van der Waals surface area contributed by atoms with Crippen molar-refractivity contribution in [2.24, 2.45) is 5.10 Å². The predicted octanol–water partition coefficient (Wildman–Crippen LogP) is 7.46. The fourth-order valence-electron chi connectivity index (χ4n) is 3.40. The van der Waals surface area contributed by atoms with Gasteiger partial charge >= 0.3 is 0 Å². The standard InChI is InChI=1S/C24H18Cl2N4O3S/c1-13-3-8-19(14(2)9-13)21-23(15-4-6-18(7-5-15)30(32)33)34-24(28-21)29-27-12-16-10-17(25)11-20(26)22(16)31/h3-12,31H,1-2H3,(H,28,29)/b27-12-. The van der Waals surface area contributed by atoms with Gasteiger partial charge in [-0.05, 0) is 49.2 Å². The number of nitro benzene ring substituents is 1. The number of aromatic hydroxyl groups is 1. The van der Waals surface area contributed by atoms with Crippen LogP contribution in [0, 0.1) is 24.0 Å². The number of aromatic nitrogens is 1. The molecule has 0 fully saturated rings. The van der Waals surface area contributed by atoms with Crippen LogP contribution in [-0.4, -0.2) is 21.2 Å². The molecule has 0 saturated carbocycles. The highest BCUT2D eigenvalue weighted by Crippen LogP contribution is 2.41. The van der Waals surface area contributed by atoms with Gasteiger partial charge in [-0.15, -0.1) is 0 Å². The average Bonchev–Trinajstić information content (AvgIpc) is 3.20. The maximum Gasteiger partial charge on any atom is 0.269 e. The van der Waals surface area contributed by atoms with Gasteiger partial charge in [0, 0.05) is 28.3 Å². The molecule has 0 aliphatic carbocycles. The van der Waals surface area contributed by atoms with Gasteiger partial charge < -0.3 is 5.11 Å². The molecule has 10 heteroatoms. The second-order valence-electron chi connectivity index (χ2n) is 7.51. The van der Waals surface area contributed by atoms with E-state index in [0.29, 0.717) is 15.7 Å². The topological polar surface area (TPSA) is 101 Å². The van der Waals surface area contributed by atoms with E-state index in [1.54, 1.807) is 18.2 Å². The molecule has 1 aromatic heterocycles. The molecule has 0 bridgehead atoms. The summed E-state index contributed by atoms with van der Waals surface area (Å²) in [5, 5.41) is 26.3. The van der Waals surface area contributed by atoms with Crippen LogP contribution in [-0.2, 0) is 0 Å². The number of non-ortho nitro benzene ring substituents is 1. The van der Waals surface area contributed by atoms with E-state index in [1.807, 2.05) is 26.0 Å². The summed E-state index contributed by atoms with van der Waals surface area (Å²) in [6, 6.07) is 15.4. The second-order valence-corrected chi connectivity index (χ2v) is 9.36. The molecule has 0 aliphatic rings. The maximum absolute atomic E-state index is 11.1. The molecule has 3 aromatic carbocycles. The molecule has 7 nitrogen and oxygen atoms in total. The number of benzene rings is 3. The van der Waals surface area contributed by atoms with Crippen LogP contribution in [0.25, 0.3) is 21.7 Å². The number of rotatable bonds is 6. The first-order chi connectivity index (χ1) is 16.2. The van der Waals surface area contributed by atoms with Gasteiger partial charge in [0.25, 0.3) is 5.69 Å². The number of nitrogens with zero attached hydrogens (tertiary/aromatic N) is 3. The zero-order valence-electron chi connectivity index (χ0n) is 18.0. The third kappa shape index (κ3) is 5.04. The number of nitro groups is 1. The number of anilines is 1. The van der Waals surface area contributed by atoms with Crippen LogP contribution in [0.15, 0.2) is 59.7 Å². The van der Waals surface area contributed by atoms with Crippen LogP contribution in [0.1, 0.15) is 16.7 Å². The average molecular weight is 513 g/mol. The molecule has 4 rings (SSSR count). The van der Waals surface area contributed by atoms with Gasteiger partial charge in [0.15, 0.2) is 0 Å². The van der Waals surface area contributed by atoms with E-state index in [4.69, 9.17) is 28.2 Å². The number of nitrogens with one attached hydrogen (secondary N) is 1. The smallest absolute Gasteiger partial charge is 0.269 e. The van der Waals surface area contributed by atoms with Crippen molar-refractivity contribution in [2.45, 2.75) is 13.8 Å². The van der Waals surface area contributed by atoms with Gasteiger partial charge in [0.05, 0.1) is 26.7 Å². The molecule has 0 spiro atoms. The fourth-order valence-corrected chi connectivity index (χ4v) is 4.85. The maximum atomic E-state index is 11.1. The number of aryl methyl sites for hydroxylation is 2. The first-order valence-electron chi connectivity index (χ1n) is 10.0. The third-order valence-corrected chi connectivity index (χ3v) is 6.54. The molecule has 0 radical (unpaired) electrons. The van der Waals surface area contributed by atoms with E-state index < -0.39 is 4.92 Å². The molecular weight excluding hydrogens is 495 g/mol. The number of phenols is 1. The zero-order chi connectivity index (χ0) is 24.4. The molecule has 172 valence electrons. The Labute approximate surface area is 209 Å². The zero-order valence-corrected chi connectivity index (χ0v) is 20.4. The normalized spacial score (nSPS) is 11.2. The minimum absolute atomic E-state index is 0.0178. The highest BCUT2D eigenvalue weighted by molar-refractivity contribution is 7.19. The van der Waals surface area contributed by atoms with Crippen LogP contribution in [0.4, 0.5) is 10.8 Å². The lowest BCUT2D eigenvalue weighted by Crippen LogP contribution is -1.92. The van der Waals surface area contributed by atoms with E-state index in [1.165, 1.54) is 35.8 Å². The summed E-state index contributed by atoms with van der Waals surface area (Å²) in [4.78, 5) is 16.2. The molecule has 0 amide bonds. The highest BCUT2D eigenvalue weighted by Gasteiger charge is 2.18. The summed E-state index contributed by atoms with van der Waals surface area (Å²) in [5.41, 5.74) is 7.95. The quantitative estimate of drug-likeness (QED) is 0.158. The van der Waals surface area contributed by atoms with E-state index in [9.17, 15) is 15.2 Å². The summed E-state index contributed by atoms with van der Waals surface area (Å²) >= 11 is 13.3. The Kier molecular flexibility index (Phi) is 6.83. The summed E-state index contributed by atoms with van der Waals surface area (Å²) in [6.45, 7) is 4.03. The number of hydrogen-bond donors (Lipinski definition) is 2. The van der Waals surface area contributed by atoms with Crippen molar-refractivity contribution in [3.8, 4) is 27.4 Å². The molecule has 0 aliphatic heterocycles. The number of hydrogen-bond acceptors (Lipinski definition) is 7. The molecule has 1 heterocycles. The van der Waals surface area contributed by atoms with Gasteiger partial charge in [-0.1, -0.05) is 58.3 Å². The summed E-state index contributed by atoms with van der Waals surface area (Å²) < 4.78 is 0. The number of halogens is 2. The van der Waals surface area contributed by atoms with Gasteiger partial charge in [0.1, 0.15) is 5.75 Å². The second kappa shape index (κ2) is 9.80. The molecule has 2 N–H and O–H groups in total. The van der Waals surface area contributed by atoms with Crippen molar-refractivity contribution in [1.29, 1.82) is 0 Å². The van der Waals surface area contributed by atoms with Gasteiger partial charge in [-0.25, -0.2) is 4.98 Å². The monoisotopic (exact) mass is 512 g/mol. The number of hydrazone groups is 1. The molecule has 34 heavy (non-hydrogen) atoms. The van der Waals surface area contributed by atoms with Crippen LogP contribution in [0.5, 0.6) is 5.75 Å². The summed E-state index contributed by atoms with van der Waals surface area (Å²) in [5.74, 6) is -0.127. The first-order valence-corrected chi connectivity index (χ1v) is 11.6.